The van der Waals surface area contributed by atoms with Gasteiger partial charge in [0.25, 0.3) is 0 Å². The minimum Gasteiger partial charge on any atom is -0.461 e. The summed E-state index contributed by atoms with van der Waals surface area (Å²) in [6.07, 6.45) is 2.99. The van der Waals surface area contributed by atoms with Crippen molar-refractivity contribution in [1.82, 2.24) is 10.3 Å². The highest BCUT2D eigenvalue weighted by atomic mass is 32.1. The Morgan fingerprint density at radius 3 is 3.05 bits per heavy atom. The molecule has 6 nitrogen and oxygen atoms in total. The molecule has 1 amide bonds. The lowest BCUT2D eigenvalue weighted by Crippen LogP contribution is -2.34. The van der Waals surface area contributed by atoms with Gasteiger partial charge in [-0.25, -0.2) is 9.78 Å². The number of ether oxygens (including phenoxy) is 1. The van der Waals surface area contributed by atoms with Gasteiger partial charge in [-0.2, -0.15) is 0 Å². The number of thiazole rings is 1. The zero-order chi connectivity index (χ0) is 15.2. The third kappa shape index (κ3) is 4.01. The van der Waals surface area contributed by atoms with E-state index in [2.05, 4.69) is 10.3 Å². The van der Waals surface area contributed by atoms with Gasteiger partial charge in [0, 0.05) is 11.3 Å². The maximum atomic E-state index is 12.1. The molecule has 0 saturated heterocycles. The molecule has 3 N–H and O–H groups in total. The maximum absolute atomic E-state index is 12.1. The highest BCUT2D eigenvalue weighted by Crippen LogP contribution is 2.31. The largest absolute Gasteiger partial charge is 0.461 e. The van der Waals surface area contributed by atoms with Gasteiger partial charge in [0.05, 0.1) is 13.2 Å². The number of hydrogen-bond donors (Lipinski definition) is 2. The Bertz CT molecular complexity index is 503. The molecule has 1 heterocycles. The lowest BCUT2D eigenvalue weighted by molar-refractivity contribution is -0.126. The molecule has 0 unspecified atom stereocenters. The Labute approximate surface area is 128 Å². The molecule has 0 spiro atoms. The molecule has 0 aliphatic heterocycles. The third-order valence-electron chi connectivity index (χ3n) is 3.75. The summed E-state index contributed by atoms with van der Waals surface area (Å²) < 4.78 is 4.88. The predicted octanol–water partition coefficient (Wildman–Crippen LogP) is 1.31. The molecule has 2 atom stereocenters. The maximum Gasteiger partial charge on any atom is 0.357 e. The standard InChI is InChI=1S/C14H21N3O3S/c1-2-20-14(19)11-8-21-12(17-11)7-16-13(18)10-5-3-4-9(10)6-15/h8-10H,2-7,15H2,1H3,(H,16,18)/t9-,10-/m1/s1. The molecule has 0 radical (unpaired) electrons. The Morgan fingerprint density at radius 2 is 2.33 bits per heavy atom. The zero-order valence-electron chi connectivity index (χ0n) is 12.1. The number of nitrogens with two attached hydrogens (primary N) is 1. The number of aromatic nitrogens is 1. The van der Waals surface area contributed by atoms with E-state index < -0.39 is 5.97 Å². The number of esters is 1. The average molecular weight is 311 g/mol. The van der Waals surface area contributed by atoms with Crippen LogP contribution in [0.5, 0.6) is 0 Å². The molecule has 1 fully saturated rings. The molecule has 0 bridgehead atoms. The van der Waals surface area contributed by atoms with Crippen LogP contribution in [0.3, 0.4) is 0 Å². The van der Waals surface area contributed by atoms with Gasteiger partial charge in [-0.1, -0.05) is 6.42 Å². The van der Waals surface area contributed by atoms with Crippen LogP contribution in [0.1, 0.15) is 41.7 Å². The Balaban J connectivity index is 1.85. The van der Waals surface area contributed by atoms with Crippen molar-refractivity contribution in [3.05, 3.63) is 16.1 Å². The van der Waals surface area contributed by atoms with E-state index in [9.17, 15) is 9.59 Å². The lowest BCUT2D eigenvalue weighted by Gasteiger charge is -2.16. The molecule has 21 heavy (non-hydrogen) atoms. The van der Waals surface area contributed by atoms with E-state index in [1.165, 1.54) is 11.3 Å². The van der Waals surface area contributed by atoms with Crippen LogP contribution >= 0.6 is 11.3 Å². The van der Waals surface area contributed by atoms with Crippen LogP contribution < -0.4 is 11.1 Å². The number of nitrogens with one attached hydrogen (secondary N) is 1. The molecule has 0 aromatic carbocycles. The van der Waals surface area contributed by atoms with Crippen LogP contribution in [0.4, 0.5) is 0 Å². The first-order valence-corrected chi connectivity index (χ1v) is 8.13. The zero-order valence-corrected chi connectivity index (χ0v) is 12.9. The van der Waals surface area contributed by atoms with Gasteiger partial charge in [0.2, 0.25) is 5.91 Å². The lowest BCUT2D eigenvalue weighted by atomic mass is 9.95. The van der Waals surface area contributed by atoms with E-state index in [0.717, 1.165) is 19.3 Å². The van der Waals surface area contributed by atoms with Gasteiger partial charge in [0.15, 0.2) is 5.69 Å². The van der Waals surface area contributed by atoms with Gasteiger partial charge in [-0.05, 0) is 32.2 Å². The minimum absolute atomic E-state index is 0.0134. The number of nitrogens with zero attached hydrogens (tertiary/aromatic N) is 1. The van der Waals surface area contributed by atoms with Crippen molar-refractivity contribution < 1.29 is 14.3 Å². The van der Waals surface area contributed by atoms with Crippen molar-refractivity contribution in [2.75, 3.05) is 13.2 Å². The monoisotopic (exact) mass is 311 g/mol. The fraction of sp³-hybridized carbons (Fsp3) is 0.643. The van der Waals surface area contributed by atoms with Crippen LogP contribution in [0.25, 0.3) is 0 Å². The molecule has 1 aliphatic carbocycles. The highest BCUT2D eigenvalue weighted by Gasteiger charge is 2.31. The molecule has 1 aromatic heterocycles. The number of hydrogen-bond acceptors (Lipinski definition) is 6. The van der Waals surface area contributed by atoms with Crippen LogP contribution in [0.15, 0.2) is 5.38 Å². The van der Waals surface area contributed by atoms with Crippen LogP contribution in [0.2, 0.25) is 0 Å². The van der Waals surface area contributed by atoms with Gasteiger partial charge in [0.1, 0.15) is 5.01 Å². The van der Waals surface area contributed by atoms with E-state index in [1.807, 2.05) is 0 Å². The fourth-order valence-electron chi connectivity index (χ4n) is 2.65. The second kappa shape index (κ2) is 7.51. The molecule has 116 valence electrons. The minimum atomic E-state index is -0.426. The summed E-state index contributed by atoms with van der Waals surface area (Å²) >= 11 is 1.34. The fourth-order valence-corrected chi connectivity index (χ4v) is 3.35. The summed E-state index contributed by atoms with van der Waals surface area (Å²) in [5, 5.41) is 5.24. The highest BCUT2D eigenvalue weighted by molar-refractivity contribution is 7.09. The summed E-state index contributed by atoms with van der Waals surface area (Å²) in [7, 11) is 0. The summed E-state index contributed by atoms with van der Waals surface area (Å²) in [5.74, 6) is -0.0861. The number of carbonyl (C=O) groups excluding carboxylic acids is 2. The normalized spacial score (nSPS) is 21.2. The summed E-state index contributed by atoms with van der Waals surface area (Å²) in [4.78, 5) is 27.8. The van der Waals surface area contributed by atoms with Crippen LogP contribution in [-0.2, 0) is 16.1 Å². The van der Waals surface area contributed by atoms with E-state index in [4.69, 9.17) is 10.5 Å². The average Bonchev–Trinajstić information content (AvgIpc) is 3.13. The molecular weight excluding hydrogens is 290 g/mol. The molecule has 1 aromatic rings. The third-order valence-corrected chi connectivity index (χ3v) is 4.60. The Hall–Kier alpha value is -1.47. The van der Waals surface area contributed by atoms with Crippen molar-refractivity contribution in [2.45, 2.75) is 32.7 Å². The quantitative estimate of drug-likeness (QED) is 0.773. The first kappa shape index (κ1) is 15.9. The molecule has 7 heteroatoms. The van der Waals surface area contributed by atoms with E-state index in [1.54, 1.807) is 12.3 Å². The molecule has 1 aliphatic rings. The second-order valence-corrected chi connectivity index (χ2v) is 6.04. The van der Waals surface area contributed by atoms with Crippen molar-refractivity contribution in [3.8, 4) is 0 Å². The SMILES string of the molecule is CCOC(=O)c1csc(CNC(=O)[C@@H]2CCC[C@@H]2CN)n1. The Kier molecular flexibility index (Phi) is 5.69. The van der Waals surface area contributed by atoms with E-state index in [0.29, 0.717) is 30.4 Å². The smallest absolute Gasteiger partial charge is 0.357 e. The number of amides is 1. The van der Waals surface area contributed by atoms with Gasteiger partial charge >= 0.3 is 5.97 Å². The predicted molar refractivity (Wildman–Crippen MR) is 79.8 cm³/mol. The Morgan fingerprint density at radius 1 is 1.52 bits per heavy atom. The number of carbonyl (C=O) groups is 2. The summed E-state index contributed by atoms with van der Waals surface area (Å²) in [6, 6.07) is 0. The van der Waals surface area contributed by atoms with Crippen molar-refractivity contribution in [3.63, 3.8) is 0 Å². The molecule has 2 rings (SSSR count). The number of rotatable bonds is 6. The second-order valence-electron chi connectivity index (χ2n) is 5.10. The van der Waals surface area contributed by atoms with Crippen LogP contribution in [0, 0.1) is 11.8 Å². The summed E-state index contributed by atoms with van der Waals surface area (Å²) in [5.41, 5.74) is 5.99. The molecular formula is C14H21N3O3S. The van der Waals surface area contributed by atoms with E-state index in [-0.39, 0.29) is 17.7 Å². The van der Waals surface area contributed by atoms with E-state index >= 15 is 0 Å². The van der Waals surface area contributed by atoms with Crippen molar-refractivity contribution in [1.29, 1.82) is 0 Å². The molecule has 1 saturated carbocycles. The summed E-state index contributed by atoms with van der Waals surface area (Å²) in [6.45, 7) is 2.98. The van der Waals surface area contributed by atoms with Crippen LogP contribution in [-0.4, -0.2) is 30.0 Å². The van der Waals surface area contributed by atoms with Crippen molar-refractivity contribution in [2.24, 2.45) is 17.6 Å². The first-order chi connectivity index (χ1) is 10.2. The topological polar surface area (TPSA) is 94.3 Å². The first-order valence-electron chi connectivity index (χ1n) is 7.25. The van der Waals surface area contributed by atoms with Gasteiger partial charge in [-0.15, -0.1) is 11.3 Å². The van der Waals surface area contributed by atoms with Gasteiger partial charge < -0.3 is 15.8 Å². The van der Waals surface area contributed by atoms with Crippen molar-refractivity contribution >= 4 is 23.2 Å². The van der Waals surface area contributed by atoms with Gasteiger partial charge in [-0.3, -0.25) is 4.79 Å².